The van der Waals surface area contributed by atoms with Gasteiger partial charge in [-0.25, -0.2) is 0 Å². The average molecular weight is 168 g/mol. The van der Waals surface area contributed by atoms with E-state index in [0.717, 1.165) is 5.56 Å². The zero-order valence-corrected chi connectivity index (χ0v) is 7.38. The molecule has 0 spiro atoms. The molecule has 0 saturated carbocycles. The minimum absolute atomic E-state index is 0.656. The lowest BCUT2D eigenvalue weighted by molar-refractivity contribution is 1.47. The van der Waals surface area contributed by atoms with E-state index in [2.05, 4.69) is 12.6 Å². The Morgan fingerprint density at radius 3 is 2.60 bits per heavy atom. The molecule has 1 aromatic rings. The summed E-state index contributed by atoms with van der Waals surface area (Å²) >= 11 is 8.95. The van der Waals surface area contributed by atoms with Crippen LogP contribution in [0.5, 0.6) is 0 Å². The van der Waals surface area contributed by atoms with Crippen LogP contribution in [0, 0.1) is 6.92 Å². The van der Waals surface area contributed by atoms with Crippen molar-refractivity contribution in [3.63, 3.8) is 0 Å². The number of aryl methyl sites for hydroxylation is 1. The lowest BCUT2D eigenvalue weighted by atomic mass is 10.2. The molecule has 0 radical (unpaired) electrons. The van der Waals surface area contributed by atoms with Crippen molar-refractivity contribution >= 4 is 29.0 Å². The summed E-state index contributed by atoms with van der Waals surface area (Å²) in [6, 6.07) is 8.00. The molecule has 10 heavy (non-hydrogen) atoms. The summed E-state index contributed by atoms with van der Waals surface area (Å²) < 4.78 is 0.656. The number of hydrogen-bond donors (Lipinski definition) is 1. The van der Waals surface area contributed by atoms with Crippen LogP contribution in [0.25, 0.3) is 0 Å². The largest absolute Gasteiger partial charge is 0.131 e. The first kappa shape index (κ1) is 7.76. The van der Waals surface area contributed by atoms with Gasteiger partial charge in [-0.3, -0.25) is 0 Å². The molecule has 0 fully saturated rings. The van der Waals surface area contributed by atoms with E-state index in [1.807, 2.05) is 31.2 Å². The molecular formula is C8H8S2. The fourth-order valence-corrected chi connectivity index (χ4v) is 1.04. The fraction of sp³-hybridized carbons (Fsp3) is 0.125. The molecule has 0 nitrogen and oxygen atoms in total. The van der Waals surface area contributed by atoms with E-state index < -0.39 is 0 Å². The van der Waals surface area contributed by atoms with Gasteiger partial charge in [0.05, 0.1) is 4.20 Å². The minimum atomic E-state index is 0.656. The SMILES string of the molecule is Cc1cccc(C(=S)S)c1. The van der Waals surface area contributed by atoms with Crippen LogP contribution in [0.15, 0.2) is 24.3 Å². The van der Waals surface area contributed by atoms with Crippen LogP contribution in [-0.4, -0.2) is 4.20 Å². The van der Waals surface area contributed by atoms with Crippen molar-refractivity contribution in [2.75, 3.05) is 0 Å². The van der Waals surface area contributed by atoms with Crippen LogP contribution >= 0.6 is 24.8 Å². The van der Waals surface area contributed by atoms with Crippen LogP contribution in [0.3, 0.4) is 0 Å². The molecular weight excluding hydrogens is 160 g/mol. The molecule has 0 bridgehead atoms. The highest BCUT2D eigenvalue weighted by atomic mass is 32.1. The molecule has 0 unspecified atom stereocenters. The highest BCUT2D eigenvalue weighted by molar-refractivity contribution is 8.11. The summed E-state index contributed by atoms with van der Waals surface area (Å²) in [7, 11) is 0. The smallest absolute Gasteiger partial charge is 0.0747 e. The Hall–Kier alpha value is -0.340. The summed E-state index contributed by atoms with van der Waals surface area (Å²) in [5.74, 6) is 0. The van der Waals surface area contributed by atoms with Crippen molar-refractivity contribution in [3.8, 4) is 0 Å². The normalized spacial score (nSPS) is 9.40. The lowest BCUT2D eigenvalue weighted by Gasteiger charge is -1.96. The van der Waals surface area contributed by atoms with E-state index in [9.17, 15) is 0 Å². The van der Waals surface area contributed by atoms with E-state index in [-0.39, 0.29) is 0 Å². The highest BCUT2D eigenvalue weighted by Crippen LogP contribution is 2.07. The van der Waals surface area contributed by atoms with E-state index in [4.69, 9.17) is 12.2 Å². The summed E-state index contributed by atoms with van der Waals surface area (Å²) in [6.45, 7) is 2.04. The summed E-state index contributed by atoms with van der Waals surface area (Å²) in [6.07, 6.45) is 0. The molecule has 0 amide bonds. The summed E-state index contributed by atoms with van der Waals surface area (Å²) in [5.41, 5.74) is 2.24. The number of thiocarbonyl (C=S) groups is 1. The Kier molecular flexibility index (Phi) is 2.46. The van der Waals surface area contributed by atoms with Gasteiger partial charge in [-0.1, -0.05) is 42.0 Å². The maximum Gasteiger partial charge on any atom is 0.0747 e. The average Bonchev–Trinajstić information content (AvgIpc) is 1.88. The van der Waals surface area contributed by atoms with Crippen LogP contribution in [0.1, 0.15) is 11.1 Å². The Morgan fingerprint density at radius 1 is 1.50 bits per heavy atom. The van der Waals surface area contributed by atoms with E-state index in [0.29, 0.717) is 4.20 Å². The van der Waals surface area contributed by atoms with E-state index >= 15 is 0 Å². The molecule has 0 aliphatic rings. The molecule has 0 aliphatic heterocycles. The van der Waals surface area contributed by atoms with Gasteiger partial charge >= 0.3 is 0 Å². The molecule has 0 saturated heterocycles. The van der Waals surface area contributed by atoms with Gasteiger partial charge in [0.15, 0.2) is 0 Å². The number of benzene rings is 1. The van der Waals surface area contributed by atoms with Crippen molar-refractivity contribution in [3.05, 3.63) is 35.4 Å². The van der Waals surface area contributed by atoms with Crippen LogP contribution in [-0.2, 0) is 0 Å². The molecule has 2 heteroatoms. The lowest BCUT2D eigenvalue weighted by Crippen LogP contribution is -1.86. The molecule has 52 valence electrons. The maximum atomic E-state index is 4.89. The Morgan fingerprint density at radius 2 is 2.20 bits per heavy atom. The zero-order chi connectivity index (χ0) is 7.56. The fourth-order valence-electron chi connectivity index (χ4n) is 0.778. The van der Waals surface area contributed by atoms with Crippen LogP contribution in [0.2, 0.25) is 0 Å². The second-order valence-electron chi connectivity index (χ2n) is 2.17. The highest BCUT2D eigenvalue weighted by Gasteiger charge is 1.93. The number of rotatable bonds is 1. The quantitative estimate of drug-likeness (QED) is 0.497. The first-order valence-electron chi connectivity index (χ1n) is 3.00. The Balaban J connectivity index is 3.07. The number of thiol groups is 1. The summed E-state index contributed by atoms with van der Waals surface area (Å²) in [5, 5.41) is 0. The van der Waals surface area contributed by atoms with Crippen molar-refractivity contribution in [1.82, 2.24) is 0 Å². The predicted molar refractivity (Wildman–Crippen MR) is 51.9 cm³/mol. The standard InChI is InChI=1S/C8H8S2/c1-6-3-2-4-7(5-6)8(9)10/h2-5H,1H3,(H,9,10). The molecule has 0 aromatic heterocycles. The first-order chi connectivity index (χ1) is 4.70. The van der Waals surface area contributed by atoms with Gasteiger partial charge in [0.2, 0.25) is 0 Å². The molecule has 0 heterocycles. The van der Waals surface area contributed by atoms with Gasteiger partial charge in [-0.2, -0.15) is 0 Å². The monoisotopic (exact) mass is 168 g/mol. The van der Waals surface area contributed by atoms with E-state index in [1.165, 1.54) is 5.56 Å². The third-order valence-corrected chi connectivity index (χ3v) is 1.76. The van der Waals surface area contributed by atoms with Gasteiger partial charge in [0, 0.05) is 0 Å². The zero-order valence-electron chi connectivity index (χ0n) is 5.66. The van der Waals surface area contributed by atoms with Gasteiger partial charge in [0.1, 0.15) is 0 Å². The van der Waals surface area contributed by atoms with Crippen LogP contribution < -0.4 is 0 Å². The van der Waals surface area contributed by atoms with Crippen LogP contribution in [0.4, 0.5) is 0 Å². The van der Waals surface area contributed by atoms with E-state index in [1.54, 1.807) is 0 Å². The second-order valence-corrected chi connectivity index (χ2v) is 3.33. The van der Waals surface area contributed by atoms with Crippen molar-refractivity contribution in [2.24, 2.45) is 0 Å². The third kappa shape index (κ3) is 1.82. The maximum absolute atomic E-state index is 4.89. The first-order valence-corrected chi connectivity index (χ1v) is 3.85. The predicted octanol–water partition coefficient (Wildman–Crippen LogP) is 2.60. The number of hydrogen-bond acceptors (Lipinski definition) is 1. The second kappa shape index (κ2) is 3.17. The van der Waals surface area contributed by atoms with Crippen molar-refractivity contribution < 1.29 is 0 Å². The van der Waals surface area contributed by atoms with Gasteiger partial charge < -0.3 is 0 Å². The van der Waals surface area contributed by atoms with Crippen molar-refractivity contribution in [1.29, 1.82) is 0 Å². The van der Waals surface area contributed by atoms with Gasteiger partial charge in [-0.05, 0) is 12.5 Å². The molecule has 0 aliphatic carbocycles. The van der Waals surface area contributed by atoms with Gasteiger partial charge in [-0.15, -0.1) is 12.6 Å². The Bertz CT molecular complexity index is 253. The molecule has 1 rings (SSSR count). The third-order valence-electron chi connectivity index (χ3n) is 1.27. The topological polar surface area (TPSA) is 0 Å². The Labute approximate surface area is 71.7 Å². The minimum Gasteiger partial charge on any atom is -0.131 e. The molecule has 0 atom stereocenters. The van der Waals surface area contributed by atoms with Gasteiger partial charge in [0.25, 0.3) is 0 Å². The summed E-state index contributed by atoms with van der Waals surface area (Å²) in [4.78, 5) is 0. The molecule has 0 N–H and O–H groups in total. The van der Waals surface area contributed by atoms with Crippen molar-refractivity contribution in [2.45, 2.75) is 6.92 Å². The molecule has 1 aromatic carbocycles.